The summed E-state index contributed by atoms with van der Waals surface area (Å²) in [5.74, 6) is -8.35. The van der Waals surface area contributed by atoms with Gasteiger partial charge in [0, 0.05) is 6.07 Å². The van der Waals surface area contributed by atoms with Crippen LogP contribution < -0.4 is 4.74 Å². The van der Waals surface area contributed by atoms with Crippen molar-refractivity contribution in [3.8, 4) is 5.75 Å². The van der Waals surface area contributed by atoms with Gasteiger partial charge in [0.25, 0.3) is 0 Å². The molecule has 0 aliphatic rings. The summed E-state index contributed by atoms with van der Waals surface area (Å²) in [6.45, 7) is 2.28. The summed E-state index contributed by atoms with van der Waals surface area (Å²) in [6, 6.07) is 0.0724. The smallest absolute Gasteiger partial charge is 0.314 e. The number of rotatable bonds is 4. The Bertz CT molecular complexity index is 474. The van der Waals surface area contributed by atoms with Crippen molar-refractivity contribution in [3.63, 3.8) is 0 Å². The molecule has 7 heteroatoms. The number of halogens is 4. The lowest BCUT2D eigenvalue weighted by atomic mass is 9.95. The van der Waals surface area contributed by atoms with Gasteiger partial charge >= 0.3 is 5.97 Å². The molecule has 0 heterocycles. The third-order valence-electron chi connectivity index (χ3n) is 2.39. The van der Waals surface area contributed by atoms with Crippen LogP contribution in [0.3, 0.4) is 0 Å². The Morgan fingerprint density at radius 3 is 2.05 bits per heavy atom. The van der Waals surface area contributed by atoms with Crippen LogP contribution >= 0.6 is 0 Å². The fraction of sp³-hybridized carbons (Fsp3) is 0.417. The van der Waals surface area contributed by atoms with E-state index in [0.29, 0.717) is 0 Å². The molecule has 0 bridgehead atoms. The second kappa shape index (κ2) is 5.46. The first kappa shape index (κ1) is 15.3. The maximum absolute atomic E-state index is 13.3. The highest BCUT2D eigenvalue weighted by Gasteiger charge is 2.31. The van der Waals surface area contributed by atoms with Crippen molar-refractivity contribution in [2.45, 2.75) is 13.8 Å². The molecule has 3 nitrogen and oxygen atoms in total. The van der Waals surface area contributed by atoms with Gasteiger partial charge in [0.05, 0.1) is 12.5 Å². The number of hydrogen-bond acceptors (Lipinski definition) is 3. The predicted octanol–water partition coefficient (Wildman–Crippen LogP) is 2.82. The van der Waals surface area contributed by atoms with Crippen LogP contribution in [0.2, 0.25) is 0 Å². The zero-order chi connectivity index (χ0) is 14.8. The number of carbonyl (C=O) groups excluding carboxylic acids is 1. The zero-order valence-electron chi connectivity index (χ0n) is 10.5. The molecular formula is C12H12F4O3. The monoisotopic (exact) mass is 280 g/mol. The summed E-state index contributed by atoms with van der Waals surface area (Å²) in [5.41, 5.74) is -1.23. The third-order valence-corrected chi connectivity index (χ3v) is 2.39. The lowest BCUT2D eigenvalue weighted by molar-refractivity contribution is -0.152. The zero-order valence-corrected chi connectivity index (χ0v) is 10.5. The van der Waals surface area contributed by atoms with Gasteiger partial charge in [0.1, 0.15) is 6.61 Å². The summed E-state index contributed by atoms with van der Waals surface area (Å²) < 4.78 is 61.5. The summed E-state index contributed by atoms with van der Waals surface area (Å²) in [4.78, 5) is 11.3. The first-order chi connectivity index (χ1) is 8.70. The Hall–Kier alpha value is -1.79. The Kier molecular flexibility index (Phi) is 4.39. The molecule has 0 saturated carbocycles. The molecule has 0 aliphatic heterocycles. The Morgan fingerprint density at radius 1 is 1.16 bits per heavy atom. The number of carbonyl (C=O) groups is 1. The predicted molar refractivity (Wildman–Crippen MR) is 57.6 cm³/mol. The van der Waals surface area contributed by atoms with E-state index in [0.717, 1.165) is 7.11 Å². The number of hydrogen-bond donors (Lipinski definition) is 0. The van der Waals surface area contributed by atoms with Crippen molar-refractivity contribution in [1.82, 2.24) is 0 Å². The summed E-state index contributed by atoms with van der Waals surface area (Å²) in [5, 5.41) is 0. The van der Waals surface area contributed by atoms with E-state index in [2.05, 4.69) is 9.47 Å². The van der Waals surface area contributed by atoms with Gasteiger partial charge in [-0.3, -0.25) is 4.79 Å². The fourth-order valence-electron chi connectivity index (χ4n) is 1.27. The minimum atomic E-state index is -1.65. The molecule has 1 rings (SSSR count). The van der Waals surface area contributed by atoms with Crippen LogP contribution in [0.1, 0.15) is 13.8 Å². The average molecular weight is 280 g/mol. The van der Waals surface area contributed by atoms with Crippen molar-refractivity contribution >= 4 is 5.97 Å². The highest BCUT2D eigenvalue weighted by molar-refractivity contribution is 5.75. The van der Waals surface area contributed by atoms with E-state index in [-0.39, 0.29) is 6.07 Å². The van der Waals surface area contributed by atoms with Crippen LogP contribution in [0.5, 0.6) is 5.75 Å². The molecule has 0 aliphatic carbocycles. The molecule has 19 heavy (non-hydrogen) atoms. The molecule has 0 amide bonds. The average Bonchev–Trinajstić information content (AvgIpc) is 2.35. The van der Waals surface area contributed by atoms with Gasteiger partial charge in [-0.1, -0.05) is 0 Å². The van der Waals surface area contributed by atoms with Crippen molar-refractivity contribution in [3.05, 3.63) is 29.3 Å². The Balaban J connectivity index is 2.99. The molecule has 1 aromatic carbocycles. The lowest BCUT2D eigenvalue weighted by Crippen LogP contribution is -2.32. The second-order valence-electron chi connectivity index (χ2n) is 4.46. The lowest BCUT2D eigenvalue weighted by Gasteiger charge is -2.22. The van der Waals surface area contributed by atoms with Gasteiger partial charge < -0.3 is 9.47 Å². The Morgan fingerprint density at radius 2 is 1.63 bits per heavy atom. The van der Waals surface area contributed by atoms with Crippen molar-refractivity contribution in [2.75, 3.05) is 13.7 Å². The molecule has 0 atom stereocenters. The molecular weight excluding hydrogens is 268 g/mol. The van der Waals surface area contributed by atoms with Gasteiger partial charge in [0.2, 0.25) is 11.6 Å². The summed E-state index contributed by atoms with van der Waals surface area (Å²) in [7, 11) is 1.13. The van der Waals surface area contributed by atoms with Gasteiger partial charge in [-0.05, 0) is 13.8 Å². The minimum Gasteiger partial charge on any atom is -0.486 e. The molecule has 0 fully saturated rings. The van der Waals surface area contributed by atoms with E-state index in [1.165, 1.54) is 13.8 Å². The van der Waals surface area contributed by atoms with Crippen LogP contribution in [0.15, 0.2) is 6.07 Å². The Labute approximate surface area is 107 Å². The van der Waals surface area contributed by atoms with Crippen LogP contribution in [0.25, 0.3) is 0 Å². The van der Waals surface area contributed by atoms with E-state index in [4.69, 9.17) is 0 Å². The summed E-state index contributed by atoms with van der Waals surface area (Å²) >= 11 is 0. The number of methoxy groups -OCH3 is 1. The van der Waals surface area contributed by atoms with E-state index in [1.807, 2.05) is 0 Å². The van der Waals surface area contributed by atoms with Crippen molar-refractivity contribution < 1.29 is 31.8 Å². The van der Waals surface area contributed by atoms with Crippen molar-refractivity contribution in [2.24, 2.45) is 5.41 Å². The van der Waals surface area contributed by atoms with Crippen molar-refractivity contribution in [1.29, 1.82) is 0 Å². The minimum absolute atomic E-state index is 0.0724. The third kappa shape index (κ3) is 3.15. The SMILES string of the molecule is COC(=O)C(C)(C)COc1c(F)c(F)cc(F)c1F. The quantitative estimate of drug-likeness (QED) is 0.483. The highest BCUT2D eigenvalue weighted by atomic mass is 19.2. The van der Waals surface area contributed by atoms with Crippen LogP contribution in [0, 0.1) is 28.7 Å². The normalized spacial score (nSPS) is 11.3. The maximum Gasteiger partial charge on any atom is 0.314 e. The first-order valence-corrected chi connectivity index (χ1v) is 5.25. The van der Waals surface area contributed by atoms with Gasteiger partial charge in [-0.15, -0.1) is 0 Å². The van der Waals surface area contributed by atoms with Gasteiger partial charge in [-0.25, -0.2) is 8.78 Å². The molecule has 0 radical (unpaired) electrons. The largest absolute Gasteiger partial charge is 0.486 e. The number of benzene rings is 1. The van der Waals surface area contributed by atoms with E-state index >= 15 is 0 Å². The van der Waals surface area contributed by atoms with Gasteiger partial charge in [0.15, 0.2) is 17.4 Å². The van der Waals surface area contributed by atoms with E-state index in [1.54, 1.807) is 0 Å². The molecule has 0 saturated heterocycles. The molecule has 0 unspecified atom stereocenters. The highest BCUT2D eigenvalue weighted by Crippen LogP contribution is 2.28. The number of ether oxygens (including phenoxy) is 2. The van der Waals surface area contributed by atoms with Crippen LogP contribution in [0.4, 0.5) is 17.6 Å². The number of esters is 1. The molecule has 0 N–H and O–H groups in total. The maximum atomic E-state index is 13.3. The first-order valence-electron chi connectivity index (χ1n) is 5.25. The molecule has 106 valence electrons. The standard InChI is InChI=1S/C12H12F4O3/c1-12(2,11(17)18-3)5-19-10-8(15)6(13)4-7(14)9(10)16/h4H,5H2,1-3H3. The topological polar surface area (TPSA) is 35.5 Å². The van der Waals surface area contributed by atoms with Crippen LogP contribution in [-0.4, -0.2) is 19.7 Å². The molecule has 0 spiro atoms. The van der Waals surface area contributed by atoms with Crippen LogP contribution in [-0.2, 0) is 9.53 Å². The molecule has 1 aromatic rings. The van der Waals surface area contributed by atoms with E-state index in [9.17, 15) is 22.4 Å². The van der Waals surface area contributed by atoms with E-state index < -0.39 is 47.0 Å². The molecule has 0 aromatic heterocycles. The summed E-state index contributed by atoms with van der Waals surface area (Å²) in [6.07, 6.45) is 0. The van der Waals surface area contributed by atoms with Gasteiger partial charge in [-0.2, -0.15) is 8.78 Å². The fourth-order valence-corrected chi connectivity index (χ4v) is 1.27. The second-order valence-corrected chi connectivity index (χ2v) is 4.46.